The van der Waals surface area contributed by atoms with E-state index in [-0.39, 0.29) is 5.28 Å². The highest BCUT2D eigenvalue weighted by atomic mass is 35.5. The third-order valence-corrected chi connectivity index (χ3v) is 4.54. The highest BCUT2D eigenvalue weighted by Gasteiger charge is 2.19. The van der Waals surface area contributed by atoms with Crippen LogP contribution in [0.25, 0.3) is 5.82 Å². The smallest absolute Gasteiger partial charge is 0.226 e. The van der Waals surface area contributed by atoms with E-state index in [0.717, 1.165) is 24.0 Å². The maximum Gasteiger partial charge on any atom is 0.226 e. The molecule has 0 aromatic carbocycles. The third kappa shape index (κ3) is 4.42. The molecule has 1 fully saturated rings. The Labute approximate surface area is 141 Å². The van der Waals surface area contributed by atoms with Crippen LogP contribution in [0.5, 0.6) is 0 Å². The molecule has 1 saturated heterocycles. The van der Waals surface area contributed by atoms with Gasteiger partial charge in [-0.2, -0.15) is 4.98 Å². The van der Waals surface area contributed by atoms with Gasteiger partial charge in [0, 0.05) is 24.5 Å². The number of anilines is 1. The summed E-state index contributed by atoms with van der Waals surface area (Å²) in [5.74, 6) is 2.25. The lowest BCUT2D eigenvalue weighted by molar-refractivity contribution is 0.209. The molecule has 1 atom stereocenters. The molecule has 1 aliphatic rings. The van der Waals surface area contributed by atoms with Gasteiger partial charge >= 0.3 is 0 Å². The molecule has 6 nitrogen and oxygen atoms in total. The number of likely N-dealkylation sites (tertiary alicyclic amines) is 1. The molecular formula is C16H23ClN6. The first-order chi connectivity index (χ1) is 11.1. The van der Waals surface area contributed by atoms with Crippen molar-refractivity contribution < 1.29 is 0 Å². The van der Waals surface area contributed by atoms with Crippen molar-refractivity contribution in [2.24, 2.45) is 5.92 Å². The molecule has 0 bridgehead atoms. The summed E-state index contributed by atoms with van der Waals surface area (Å²) in [6.45, 7) is 4.59. The summed E-state index contributed by atoms with van der Waals surface area (Å²) in [6, 6.07) is 2.25. The number of hydrogen-bond donors (Lipinski definition) is 1. The van der Waals surface area contributed by atoms with E-state index in [2.05, 4.69) is 39.1 Å². The van der Waals surface area contributed by atoms with Crippen molar-refractivity contribution in [3.63, 3.8) is 0 Å². The molecule has 1 unspecified atom stereocenters. The highest BCUT2D eigenvalue weighted by molar-refractivity contribution is 6.28. The van der Waals surface area contributed by atoms with Gasteiger partial charge < -0.3 is 10.2 Å². The molecule has 124 valence electrons. The van der Waals surface area contributed by atoms with Gasteiger partial charge in [-0.25, -0.2) is 9.97 Å². The minimum Gasteiger partial charge on any atom is -0.367 e. The van der Waals surface area contributed by atoms with Crippen molar-refractivity contribution in [3.8, 4) is 5.82 Å². The first kappa shape index (κ1) is 16.2. The summed E-state index contributed by atoms with van der Waals surface area (Å²) in [5, 5.41) is 3.70. The Balaban J connectivity index is 1.63. The molecule has 2 aromatic heterocycles. The molecule has 0 saturated carbocycles. The molecule has 0 radical (unpaired) electrons. The lowest BCUT2D eigenvalue weighted by atomic mass is 9.91. The molecule has 7 heteroatoms. The van der Waals surface area contributed by atoms with Crippen molar-refractivity contribution >= 4 is 17.4 Å². The van der Waals surface area contributed by atoms with Crippen LogP contribution in [0.2, 0.25) is 5.28 Å². The van der Waals surface area contributed by atoms with Gasteiger partial charge in [0.2, 0.25) is 5.28 Å². The van der Waals surface area contributed by atoms with Crippen LogP contribution in [0.4, 0.5) is 5.82 Å². The molecule has 1 N–H and O–H groups in total. The minimum atomic E-state index is 0.241. The fourth-order valence-corrected chi connectivity index (χ4v) is 3.29. The zero-order chi connectivity index (χ0) is 16.2. The Morgan fingerprint density at radius 1 is 1.35 bits per heavy atom. The average molecular weight is 335 g/mol. The fourth-order valence-electron chi connectivity index (χ4n) is 3.12. The summed E-state index contributed by atoms with van der Waals surface area (Å²) in [5.41, 5.74) is 0. The van der Waals surface area contributed by atoms with Gasteiger partial charge in [0.1, 0.15) is 18.0 Å². The Bertz CT molecular complexity index is 622. The van der Waals surface area contributed by atoms with E-state index in [1.165, 1.54) is 25.9 Å². The second-order valence-electron chi connectivity index (χ2n) is 6.38. The first-order valence-corrected chi connectivity index (χ1v) is 8.46. The normalized spacial score (nSPS) is 18.0. The number of halogens is 1. The SMILES string of the molecule is CC(CC1CCN(C)CC1)Nc1cc(-n2ccnc2)nc(Cl)n1. The van der Waals surface area contributed by atoms with Crippen molar-refractivity contribution in [1.29, 1.82) is 0 Å². The van der Waals surface area contributed by atoms with E-state index in [1.807, 2.05) is 16.8 Å². The predicted octanol–water partition coefficient (Wildman–Crippen LogP) is 2.85. The number of rotatable bonds is 5. The Morgan fingerprint density at radius 2 is 2.13 bits per heavy atom. The highest BCUT2D eigenvalue weighted by Crippen LogP contribution is 2.23. The summed E-state index contributed by atoms with van der Waals surface area (Å²) < 4.78 is 1.82. The number of piperidine rings is 1. The van der Waals surface area contributed by atoms with Crippen LogP contribution in [0, 0.1) is 5.92 Å². The summed E-state index contributed by atoms with van der Waals surface area (Å²) in [7, 11) is 2.19. The average Bonchev–Trinajstić information content (AvgIpc) is 3.03. The van der Waals surface area contributed by atoms with Gasteiger partial charge in [-0.05, 0) is 63.8 Å². The van der Waals surface area contributed by atoms with Gasteiger partial charge in [-0.15, -0.1) is 0 Å². The molecule has 3 rings (SSSR count). The molecule has 2 aromatic rings. The summed E-state index contributed by atoms with van der Waals surface area (Å²) >= 11 is 6.06. The van der Waals surface area contributed by atoms with Crippen molar-refractivity contribution in [3.05, 3.63) is 30.1 Å². The van der Waals surface area contributed by atoms with Gasteiger partial charge in [-0.1, -0.05) is 0 Å². The topological polar surface area (TPSA) is 58.9 Å². The lowest BCUT2D eigenvalue weighted by Gasteiger charge is -2.30. The first-order valence-electron chi connectivity index (χ1n) is 8.08. The van der Waals surface area contributed by atoms with E-state index >= 15 is 0 Å². The minimum absolute atomic E-state index is 0.241. The maximum atomic E-state index is 6.06. The Morgan fingerprint density at radius 3 is 2.83 bits per heavy atom. The predicted molar refractivity (Wildman–Crippen MR) is 92.1 cm³/mol. The Kier molecular flexibility index (Phi) is 5.13. The number of hydrogen-bond acceptors (Lipinski definition) is 5. The van der Waals surface area contributed by atoms with Gasteiger partial charge in [-0.3, -0.25) is 4.57 Å². The van der Waals surface area contributed by atoms with Gasteiger partial charge in [0.25, 0.3) is 0 Å². The second kappa shape index (κ2) is 7.27. The number of nitrogens with one attached hydrogen (secondary N) is 1. The van der Waals surface area contributed by atoms with E-state index in [1.54, 1.807) is 12.5 Å². The number of imidazole rings is 1. The monoisotopic (exact) mass is 334 g/mol. The van der Waals surface area contributed by atoms with Crippen LogP contribution >= 0.6 is 11.6 Å². The molecule has 0 amide bonds. The van der Waals surface area contributed by atoms with Crippen LogP contribution < -0.4 is 5.32 Å². The fraction of sp³-hybridized carbons (Fsp3) is 0.562. The maximum absolute atomic E-state index is 6.06. The number of aromatic nitrogens is 4. The van der Waals surface area contributed by atoms with Crippen LogP contribution in [-0.2, 0) is 0 Å². The molecular weight excluding hydrogens is 312 g/mol. The molecule has 1 aliphatic heterocycles. The van der Waals surface area contributed by atoms with Crippen molar-refractivity contribution in [2.75, 3.05) is 25.5 Å². The zero-order valence-corrected chi connectivity index (χ0v) is 14.4. The Hall–Kier alpha value is -1.66. The van der Waals surface area contributed by atoms with E-state index in [4.69, 9.17) is 11.6 Å². The zero-order valence-electron chi connectivity index (χ0n) is 13.6. The van der Waals surface area contributed by atoms with E-state index < -0.39 is 0 Å². The molecule has 0 aliphatic carbocycles. The number of nitrogens with zero attached hydrogens (tertiary/aromatic N) is 5. The van der Waals surface area contributed by atoms with Crippen LogP contribution in [0.3, 0.4) is 0 Å². The van der Waals surface area contributed by atoms with Gasteiger partial charge in [0.05, 0.1) is 0 Å². The third-order valence-electron chi connectivity index (χ3n) is 4.37. The second-order valence-corrected chi connectivity index (χ2v) is 6.72. The molecule has 23 heavy (non-hydrogen) atoms. The van der Waals surface area contributed by atoms with Crippen LogP contribution in [0.15, 0.2) is 24.8 Å². The summed E-state index contributed by atoms with van der Waals surface area (Å²) in [4.78, 5) is 15.0. The standard InChI is InChI=1S/C16H23ClN6/c1-12(9-13-3-6-22(2)7-4-13)19-14-10-15(21-16(17)20-14)23-8-5-18-11-23/h5,8,10-13H,3-4,6-7,9H2,1-2H3,(H,19,20,21). The van der Waals surface area contributed by atoms with Crippen molar-refractivity contribution in [2.45, 2.75) is 32.2 Å². The van der Waals surface area contributed by atoms with Gasteiger partial charge in [0.15, 0.2) is 0 Å². The van der Waals surface area contributed by atoms with E-state index in [9.17, 15) is 0 Å². The molecule has 0 spiro atoms. The molecule has 3 heterocycles. The summed E-state index contributed by atoms with van der Waals surface area (Å²) in [6.07, 6.45) is 8.94. The van der Waals surface area contributed by atoms with Crippen molar-refractivity contribution in [1.82, 2.24) is 24.4 Å². The lowest BCUT2D eigenvalue weighted by Crippen LogP contribution is -2.32. The van der Waals surface area contributed by atoms with Crippen LogP contribution in [0.1, 0.15) is 26.2 Å². The van der Waals surface area contributed by atoms with E-state index in [0.29, 0.717) is 6.04 Å². The largest absolute Gasteiger partial charge is 0.367 e. The van der Waals surface area contributed by atoms with Crippen LogP contribution in [-0.4, -0.2) is 50.6 Å². The quantitative estimate of drug-likeness (QED) is 0.852.